The van der Waals surface area contributed by atoms with Crippen LogP contribution in [0.25, 0.3) is 0 Å². The molecule has 1 heterocycles. The zero-order valence-electron chi connectivity index (χ0n) is 8.78. The molecule has 16 heavy (non-hydrogen) atoms. The molecule has 92 valence electrons. The molecule has 2 N–H and O–H groups in total. The molecule has 1 fully saturated rings. The van der Waals surface area contributed by atoms with Crippen LogP contribution in [-0.4, -0.2) is 40.7 Å². The number of nitrogens with two attached hydrogens (primary N) is 1. The van der Waals surface area contributed by atoms with Crippen LogP contribution in [0.5, 0.6) is 0 Å². The monoisotopic (exact) mass is 239 g/mol. The Morgan fingerprint density at radius 1 is 1.50 bits per heavy atom. The van der Waals surface area contributed by atoms with E-state index in [0.29, 0.717) is 4.90 Å². The van der Waals surface area contributed by atoms with Gasteiger partial charge < -0.3 is 5.73 Å². The van der Waals surface area contributed by atoms with E-state index in [-0.39, 0.29) is 4.90 Å². The molecule has 1 atom stereocenters. The Kier molecular flexibility index (Phi) is 3.13. The number of amides is 3. The second-order valence-corrected chi connectivity index (χ2v) is 3.79. The molecule has 0 aliphatic carbocycles. The fourth-order valence-corrected chi connectivity index (χ4v) is 1.37. The number of rotatable bonds is 1. The van der Waals surface area contributed by atoms with E-state index in [4.69, 9.17) is 5.73 Å². The molecule has 1 aliphatic rings. The van der Waals surface area contributed by atoms with Crippen LogP contribution in [0.1, 0.15) is 13.8 Å². The Morgan fingerprint density at radius 2 is 2.00 bits per heavy atom. The number of alkyl halides is 3. The van der Waals surface area contributed by atoms with Gasteiger partial charge in [-0.05, 0) is 0 Å². The van der Waals surface area contributed by atoms with Gasteiger partial charge in [0.05, 0.1) is 6.54 Å². The van der Waals surface area contributed by atoms with Crippen LogP contribution < -0.4 is 5.73 Å². The minimum atomic E-state index is -4.80. The fraction of sp³-hybridized carbons (Fsp3) is 0.750. The van der Waals surface area contributed by atoms with Crippen LogP contribution in [0.15, 0.2) is 0 Å². The largest absolute Gasteiger partial charge is 0.488 e. The maximum absolute atomic E-state index is 12.3. The van der Waals surface area contributed by atoms with Crippen molar-refractivity contribution in [3.63, 3.8) is 0 Å². The summed E-state index contributed by atoms with van der Waals surface area (Å²) < 4.78 is 37.0. The zero-order chi connectivity index (χ0) is 12.7. The van der Waals surface area contributed by atoms with Crippen molar-refractivity contribution < 1.29 is 22.8 Å². The van der Waals surface area contributed by atoms with Crippen molar-refractivity contribution in [2.24, 2.45) is 11.7 Å². The van der Waals surface area contributed by atoms with Crippen LogP contribution in [0.2, 0.25) is 0 Å². The molecule has 1 aliphatic heterocycles. The number of carbonyl (C=O) groups excluding carboxylic acids is 2. The SMILES string of the molecule is CC(C)C(=O)N1C(=O)N(C(F)(F)F)CC1N. The van der Waals surface area contributed by atoms with Crippen LogP contribution in [0.3, 0.4) is 0 Å². The van der Waals surface area contributed by atoms with Gasteiger partial charge in [0.1, 0.15) is 6.17 Å². The third-order valence-electron chi connectivity index (χ3n) is 2.18. The van der Waals surface area contributed by atoms with Gasteiger partial charge in [0.2, 0.25) is 5.91 Å². The van der Waals surface area contributed by atoms with Crippen molar-refractivity contribution in [2.75, 3.05) is 6.54 Å². The highest BCUT2D eigenvalue weighted by Crippen LogP contribution is 2.28. The molecule has 1 unspecified atom stereocenters. The minimum absolute atomic E-state index is 0.363. The average molecular weight is 239 g/mol. The van der Waals surface area contributed by atoms with Gasteiger partial charge in [-0.1, -0.05) is 13.8 Å². The summed E-state index contributed by atoms with van der Waals surface area (Å²) in [5.74, 6) is -1.28. The summed E-state index contributed by atoms with van der Waals surface area (Å²) in [5.41, 5.74) is 5.34. The lowest BCUT2D eigenvalue weighted by Crippen LogP contribution is -2.47. The summed E-state index contributed by atoms with van der Waals surface area (Å²) >= 11 is 0. The van der Waals surface area contributed by atoms with E-state index >= 15 is 0 Å². The smallest absolute Gasteiger partial charge is 0.309 e. The molecule has 0 spiro atoms. The fourth-order valence-electron chi connectivity index (χ4n) is 1.37. The van der Waals surface area contributed by atoms with Crippen LogP contribution >= 0.6 is 0 Å². The van der Waals surface area contributed by atoms with Gasteiger partial charge in [0.15, 0.2) is 0 Å². The van der Waals surface area contributed by atoms with Gasteiger partial charge in [0.25, 0.3) is 0 Å². The molecule has 0 saturated carbocycles. The first-order chi connectivity index (χ1) is 7.16. The van der Waals surface area contributed by atoms with Crippen LogP contribution in [-0.2, 0) is 4.79 Å². The third kappa shape index (κ3) is 2.11. The minimum Gasteiger partial charge on any atom is -0.309 e. The highest BCUT2D eigenvalue weighted by atomic mass is 19.4. The number of hydrogen-bond donors (Lipinski definition) is 1. The Labute approximate surface area is 90.0 Å². The second-order valence-electron chi connectivity index (χ2n) is 3.79. The molecule has 0 bridgehead atoms. The maximum atomic E-state index is 12.3. The number of urea groups is 1. The summed E-state index contributed by atoms with van der Waals surface area (Å²) in [7, 11) is 0. The number of nitrogens with zero attached hydrogens (tertiary/aromatic N) is 2. The van der Waals surface area contributed by atoms with Crippen molar-refractivity contribution in [2.45, 2.75) is 26.3 Å². The van der Waals surface area contributed by atoms with Crippen LogP contribution in [0.4, 0.5) is 18.0 Å². The van der Waals surface area contributed by atoms with Gasteiger partial charge >= 0.3 is 12.3 Å². The second kappa shape index (κ2) is 3.93. The molecule has 8 heteroatoms. The summed E-state index contributed by atoms with van der Waals surface area (Å²) in [4.78, 5) is 22.9. The topological polar surface area (TPSA) is 66.6 Å². The first-order valence-corrected chi connectivity index (χ1v) is 4.63. The molecule has 0 aromatic carbocycles. The first-order valence-electron chi connectivity index (χ1n) is 4.63. The highest BCUT2D eigenvalue weighted by Gasteiger charge is 2.51. The van der Waals surface area contributed by atoms with Gasteiger partial charge in [-0.25, -0.2) is 14.6 Å². The van der Waals surface area contributed by atoms with E-state index in [0.717, 1.165) is 0 Å². The normalized spacial score (nSPS) is 22.2. The summed E-state index contributed by atoms with van der Waals surface area (Å²) in [6.45, 7) is 2.25. The quantitative estimate of drug-likeness (QED) is 0.685. The van der Waals surface area contributed by atoms with Gasteiger partial charge in [0, 0.05) is 5.92 Å². The first kappa shape index (κ1) is 12.8. The number of hydrogen-bond acceptors (Lipinski definition) is 3. The van der Waals surface area contributed by atoms with Crippen molar-refractivity contribution in [3.8, 4) is 0 Å². The standard InChI is InChI=1S/C8H12F3N3O2/c1-4(2)6(15)14-5(12)3-13(7(14)16)8(9,10)11/h4-5H,3,12H2,1-2H3. The van der Waals surface area contributed by atoms with E-state index in [2.05, 4.69) is 0 Å². The lowest BCUT2D eigenvalue weighted by Gasteiger charge is -2.21. The Hall–Kier alpha value is -1.31. The van der Waals surface area contributed by atoms with Crippen molar-refractivity contribution >= 4 is 11.9 Å². The number of halogens is 3. The molecule has 5 nitrogen and oxygen atoms in total. The van der Waals surface area contributed by atoms with Gasteiger partial charge in [-0.2, -0.15) is 0 Å². The molecule has 3 amide bonds. The molecular weight excluding hydrogens is 227 g/mol. The zero-order valence-corrected chi connectivity index (χ0v) is 8.78. The Bertz CT molecular complexity index is 316. The van der Waals surface area contributed by atoms with Crippen molar-refractivity contribution in [3.05, 3.63) is 0 Å². The lowest BCUT2D eigenvalue weighted by molar-refractivity contribution is -0.219. The summed E-state index contributed by atoms with van der Waals surface area (Å²) in [6, 6.07) is -1.40. The van der Waals surface area contributed by atoms with E-state index in [1.165, 1.54) is 13.8 Å². The lowest BCUT2D eigenvalue weighted by atomic mass is 10.2. The summed E-state index contributed by atoms with van der Waals surface area (Å²) in [6.07, 6.45) is -6.05. The van der Waals surface area contributed by atoms with Crippen molar-refractivity contribution in [1.82, 2.24) is 9.80 Å². The molecule has 0 aromatic rings. The molecule has 1 saturated heterocycles. The van der Waals surface area contributed by atoms with E-state index in [9.17, 15) is 22.8 Å². The van der Waals surface area contributed by atoms with Gasteiger partial charge in [-0.15, -0.1) is 13.2 Å². The van der Waals surface area contributed by atoms with E-state index in [1.54, 1.807) is 0 Å². The van der Waals surface area contributed by atoms with E-state index < -0.39 is 36.9 Å². The molecule has 0 aromatic heterocycles. The Balaban J connectivity index is 2.92. The molecular formula is C8H12F3N3O2. The van der Waals surface area contributed by atoms with Crippen LogP contribution in [0, 0.1) is 5.92 Å². The maximum Gasteiger partial charge on any atom is 0.488 e. The Morgan fingerprint density at radius 3 is 2.31 bits per heavy atom. The predicted molar refractivity (Wildman–Crippen MR) is 47.8 cm³/mol. The predicted octanol–water partition coefficient (Wildman–Crippen LogP) is 0.711. The van der Waals surface area contributed by atoms with E-state index in [1.807, 2.05) is 0 Å². The number of imide groups is 1. The molecule has 1 rings (SSSR count). The molecule has 0 radical (unpaired) electrons. The highest BCUT2D eigenvalue weighted by molar-refractivity contribution is 5.97. The average Bonchev–Trinajstić information content (AvgIpc) is 2.40. The van der Waals surface area contributed by atoms with Crippen molar-refractivity contribution in [1.29, 1.82) is 0 Å². The summed E-state index contributed by atoms with van der Waals surface area (Å²) in [5, 5.41) is 0. The third-order valence-corrected chi connectivity index (χ3v) is 2.18. The van der Waals surface area contributed by atoms with Gasteiger partial charge in [-0.3, -0.25) is 4.79 Å². The number of carbonyl (C=O) groups is 2.